The van der Waals surface area contributed by atoms with Gasteiger partial charge in [-0.05, 0) is 24.1 Å². The predicted octanol–water partition coefficient (Wildman–Crippen LogP) is 3.38. The van der Waals surface area contributed by atoms with Gasteiger partial charge in [-0.15, -0.1) is 0 Å². The first-order chi connectivity index (χ1) is 10.9. The topological polar surface area (TPSA) is 51.1 Å². The fraction of sp³-hybridized carbons (Fsp3) is 0.333. The Morgan fingerprint density at radius 3 is 2.65 bits per heavy atom. The Kier molecular flexibility index (Phi) is 2.73. The highest BCUT2D eigenvalue weighted by Crippen LogP contribution is 2.52. The van der Waals surface area contributed by atoms with Crippen molar-refractivity contribution in [3.05, 3.63) is 35.1 Å². The van der Waals surface area contributed by atoms with Crippen molar-refractivity contribution in [2.75, 3.05) is 18.7 Å². The number of nitrogens with zero attached hydrogens (tertiary/aromatic N) is 2. The molecule has 0 aromatic heterocycles. The number of rotatable bonds is 1. The van der Waals surface area contributed by atoms with Gasteiger partial charge in [0.05, 0.1) is 22.8 Å². The van der Waals surface area contributed by atoms with Gasteiger partial charge in [-0.25, -0.2) is 4.99 Å². The zero-order valence-corrected chi connectivity index (χ0v) is 13.6. The fourth-order valence-electron chi connectivity index (χ4n) is 3.72. The van der Waals surface area contributed by atoms with Crippen LogP contribution in [0.25, 0.3) is 0 Å². The molecule has 2 heterocycles. The van der Waals surface area contributed by atoms with Crippen LogP contribution in [0.15, 0.2) is 40.0 Å². The summed E-state index contributed by atoms with van der Waals surface area (Å²) in [6, 6.07) is 3.89. The zero-order valence-electron chi connectivity index (χ0n) is 13.6. The largest absolute Gasteiger partial charge is 0.454 e. The van der Waals surface area contributed by atoms with Gasteiger partial charge in [-0.2, -0.15) is 0 Å². The molecule has 2 aliphatic heterocycles. The van der Waals surface area contributed by atoms with Crippen molar-refractivity contribution < 1.29 is 14.3 Å². The van der Waals surface area contributed by atoms with Crippen molar-refractivity contribution in [3.8, 4) is 11.5 Å². The summed E-state index contributed by atoms with van der Waals surface area (Å²) in [4.78, 5) is 18.1. The number of carbonyl (C=O) groups excluding carboxylic acids is 1. The van der Waals surface area contributed by atoms with Gasteiger partial charge in [0.1, 0.15) is 6.29 Å². The molecule has 3 aliphatic rings. The Bertz CT molecular complexity index is 831. The second kappa shape index (κ2) is 4.47. The van der Waals surface area contributed by atoms with E-state index in [1.54, 1.807) is 6.08 Å². The molecule has 0 saturated carbocycles. The first-order valence-corrected chi connectivity index (χ1v) is 7.59. The lowest BCUT2D eigenvalue weighted by Gasteiger charge is -2.31. The van der Waals surface area contributed by atoms with Gasteiger partial charge in [0.25, 0.3) is 0 Å². The summed E-state index contributed by atoms with van der Waals surface area (Å²) in [5.74, 6) is 1.47. The minimum absolute atomic E-state index is 0.248. The van der Waals surface area contributed by atoms with E-state index in [4.69, 9.17) is 14.5 Å². The smallest absolute Gasteiger partial charge is 0.231 e. The van der Waals surface area contributed by atoms with E-state index < -0.39 is 0 Å². The van der Waals surface area contributed by atoms with Crippen molar-refractivity contribution in [1.29, 1.82) is 0 Å². The van der Waals surface area contributed by atoms with Crippen LogP contribution in [0.2, 0.25) is 0 Å². The summed E-state index contributed by atoms with van der Waals surface area (Å²) in [6.07, 6.45) is 2.50. The second-order valence-electron chi connectivity index (χ2n) is 6.53. The minimum Gasteiger partial charge on any atom is -0.454 e. The van der Waals surface area contributed by atoms with Crippen LogP contribution in [0.4, 0.5) is 11.4 Å². The maximum Gasteiger partial charge on any atom is 0.231 e. The highest BCUT2D eigenvalue weighted by molar-refractivity contribution is 6.17. The minimum atomic E-state index is -0.303. The Labute approximate surface area is 134 Å². The van der Waals surface area contributed by atoms with Crippen molar-refractivity contribution in [3.63, 3.8) is 0 Å². The lowest BCUT2D eigenvalue weighted by molar-refractivity contribution is -0.104. The number of ether oxygens (including phenoxy) is 2. The van der Waals surface area contributed by atoms with Gasteiger partial charge in [-0.3, -0.25) is 4.79 Å². The van der Waals surface area contributed by atoms with Gasteiger partial charge < -0.3 is 14.4 Å². The van der Waals surface area contributed by atoms with E-state index in [9.17, 15) is 4.79 Å². The molecule has 0 N–H and O–H groups in total. The summed E-state index contributed by atoms with van der Waals surface area (Å²) >= 11 is 0. The van der Waals surface area contributed by atoms with Gasteiger partial charge in [0.15, 0.2) is 11.5 Å². The molecule has 0 radical (unpaired) electrons. The maximum absolute atomic E-state index is 11.0. The van der Waals surface area contributed by atoms with E-state index in [2.05, 4.69) is 18.7 Å². The van der Waals surface area contributed by atoms with E-state index in [1.165, 1.54) is 0 Å². The van der Waals surface area contributed by atoms with Crippen LogP contribution in [0.5, 0.6) is 11.5 Å². The van der Waals surface area contributed by atoms with Crippen LogP contribution in [-0.2, 0) is 4.79 Å². The average molecular weight is 310 g/mol. The van der Waals surface area contributed by atoms with Crippen molar-refractivity contribution in [2.45, 2.75) is 20.8 Å². The first kappa shape index (κ1) is 14.1. The lowest BCUT2D eigenvalue weighted by Crippen LogP contribution is -2.31. The molecule has 1 aliphatic carbocycles. The van der Waals surface area contributed by atoms with Crippen LogP contribution >= 0.6 is 0 Å². The quantitative estimate of drug-likeness (QED) is 0.589. The van der Waals surface area contributed by atoms with Crippen LogP contribution in [0.1, 0.15) is 20.8 Å². The molecule has 23 heavy (non-hydrogen) atoms. The molecule has 1 aromatic rings. The summed E-state index contributed by atoms with van der Waals surface area (Å²) in [5, 5.41) is 0. The number of hydrogen-bond donors (Lipinski definition) is 0. The lowest BCUT2D eigenvalue weighted by atomic mass is 9.82. The molecular weight excluding hydrogens is 292 g/mol. The predicted molar refractivity (Wildman–Crippen MR) is 88.7 cm³/mol. The van der Waals surface area contributed by atoms with Crippen LogP contribution < -0.4 is 14.4 Å². The Balaban J connectivity index is 1.97. The SMILES string of the molecule is CC1=C2C(=Nc3cc4c(cc3N2C)OCO4)C(C)(C)C1=CC=O. The Morgan fingerprint density at radius 1 is 1.26 bits per heavy atom. The van der Waals surface area contributed by atoms with Gasteiger partial charge in [0.2, 0.25) is 6.79 Å². The van der Waals surface area contributed by atoms with E-state index >= 15 is 0 Å². The molecule has 1 aromatic carbocycles. The monoisotopic (exact) mass is 310 g/mol. The summed E-state index contributed by atoms with van der Waals surface area (Å²) in [6.45, 7) is 6.49. The maximum atomic E-state index is 11.0. The molecule has 0 fully saturated rings. The number of aliphatic imine (C=N–C) groups is 1. The number of allylic oxidation sites excluding steroid dienone is 4. The standard InChI is InChI=1S/C18H18N2O3/c1-10-11(5-6-21)18(2,3)17-16(10)20(4)13-8-15-14(22-9-23-15)7-12(13)19-17/h5-8H,9H2,1-4H3. The molecule has 0 unspecified atom stereocenters. The second-order valence-corrected chi connectivity index (χ2v) is 6.53. The molecule has 5 nitrogen and oxygen atoms in total. The summed E-state index contributed by atoms with van der Waals surface area (Å²) in [5.41, 5.74) is 5.70. The summed E-state index contributed by atoms with van der Waals surface area (Å²) in [7, 11) is 2.02. The average Bonchev–Trinajstić information content (AvgIpc) is 3.03. The van der Waals surface area contributed by atoms with Crippen molar-refractivity contribution in [1.82, 2.24) is 0 Å². The van der Waals surface area contributed by atoms with E-state index in [-0.39, 0.29) is 12.2 Å². The normalized spacial score (nSPS) is 22.2. The van der Waals surface area contributed by atoms with Gasteiger partial charge in [0, 0.05) is 24.6 Å². The first-order valence-electron chi connectivity index (χ1n) is 7.59. The van der Waals surface area contributed by atoms with Crippen molar-refractivity contribution in [2.24, 2.45) is 10.4 Å². The third-order valence-corrected chi connectivity index (χ3v) is 4.88. The third kappa shape index (κ3) is 1.73. The fourth-order valence-corrected chi connectivity index (χ4v) is 3.72. The van der Waals surface area contributed by atoms with Crippen LogP contribution in [-0.4, -0.2) is 25.8 Å². The van der Waals surface area contributed by atoms with Gasteiger partial charge in [-0.1, -0.05) is 13.8 Å². The number of carbonyl (C=O) groups is 1. The summed E-state index contributed by atoms with van der Waals surface area (Å²) < 4.78 is 10.9. The number of benzene rings is 1. The third-order valence-electron chi connectivity index (χ3n) is 4.88. The zero-order chi connectivity index (χ0) is 16.4. The van der Waals surface area contributed by atoms with Gasteiger partial charge >= 0.3 is 0 Å². The van der Waals surface area contributed by atoms with E-state index in [0.717, 1.165) is 51.7 Å². The number of anilines is 1. The molecular formula is C18H18N2O3. The number of fused-ring (bicyclic) bond motifs is 3. The highest BCUT2D eigenvalue weighted by Gasteiger charge is 2.44. The molecule has 4 rings (SSSR count). The van der Waals surface area contributed by atoms with Crippen molar-refractivity contribution >= 4 is 23.4 Å². The molecule has 0 saturated heterocycles. The highest BCUT2D eigenvalue weighted by atomic mass is 16.7. The number of aldehydes is 1. The van der Waals surface area contributed by atoms with Crippen LogP contribution in [0.3, 0.4) is 0 Å². The molecule has 5 heteroatoms. The Hall–Kier alpha value is -2.56. The molecule has 0 atom stereocenters. The Morgan fingerprint density at radius 2 is 1.96 bits per heavy atom. The van der Waals surface area contributed by atoms with E-state index in [0.29, 0.717) is 0 Å². The van der Waals surface area contributed by atoms with Crippen LogP contribution in [0, 0.1) is 5.41 Å². The van der Waals surface area contributed by atoms with E-state index in [1.807, 2.05) is 26.1 Å². The molecule has 0 amide bonds. The number of hydrogen-bond acceptors (Lipinski definition) is 5. The molecule has 0 bridgehead atoms. The molecule has 0 spiro atoms. The molecule has 118 valence electrons.